The molecule has 0 saturated carbocycles. The molecular weight excluding hydrogens is 1280 g/mol. The van der Waals surface area contributed by atoms with Crippen LogP contribution >= 0.6 is 0 Å². The molecule has 12 rings (SSSR count). The van der Waals surface area contributed by atoms with Crippen molar-refractivity contribution in [2.45, 2.75) is 97.4 Å². The number of esters is 2. The van der Waals surface area contributed by atoms with Gasteiger partial charge in [0.25, 0.3) is 0 Å². The molecule has 6 heterocycles. The number of aliphatic carboxylic acids is 1. The molecule has 0 saturated heterocycles. The zero-order chi connectivity index (χ0) is 68.0. The third-order valence-corrected chi connectivity index (χ3v) is 16.7. The second-order valence-electron chi connectivity index (χ2n) is 24.0. The molecule has 0 fully saturated rings. The average Bonchev–Trinajstić information content (AvgIpc) is 1.57. The maximum absolute atomic E-state index is 12.3. The van der Waals surface area contributed by atoms with Crippen LogP contribution in [0.15, 0.2) is 251 Å². The van der Waals surface area contributed by atoms with Crippen molar-refractivity contribution in [2.75, 3.05) is 28.3 Å². The molecule has 101 heavy (non-hydrogen) atoms. The van der Waals surface area contributed by atoms with Crippen LogP contribution in [0.2, 0.25) is 0 Å². The maximum Gasteiger partial charge on any atom is 1.00 e. The molecule has 0 bridgehead atoms. The number of carboxylic acid groups (broad SMARTS) is 1. The Kier molecular flexibility index (Phi) is 31.0. The Morgan fingerprint density at radius 2 is 0.723 bits per heavy atom. The smallest absolute Gasteiger partial charge is 1.00 e. The number of nitrogens with zero attached hydrogens (tertiary/aromatic N) is 8. The molecule has 0 amide bonds. The molecule has 6 aromatic heterocycles. The van der Waals surface area contributed by atoms with Crippen molar-refractivity contribution < 1.29 is 78.2 Å². The number of hydrogen-bond donors (Lipinski definition) is 2. The Hall–Kier alpha value is -10.5. The summed E-state index contributed by atoms with van der Waals surface area (Å²) in [5, 5.41) is 13.0. The predicted molar refractivity (Wildman–Crippen MR) is 381 cm³/mol. The SMILES string of the molecule is COC(=O)[C@H](Cc1ccc(CN(C)Cc2nc(-c3ccccc3)oc2C)cc1)n1cccc1.COC(=O)[C@H](Cc1ccc(CNCc2nc(-c3ccccc3)oc2C)cc1)n1cccc1.Cc1oc(-c2ccccc2)nc1CN(C)Cc1ccc(C[C@@H](C(=O)O)n2cccc2)cc1.O.[3HH].[F-].[Li+].[OH-]. The molecule has 5 N–H and O–H groups in total. The number of ether oxygens (including phenoxy) is 2. The molecule has 0 aliphatic rings. The molecule has 524 valence electrons. The van der Waals surface area contributed by atoms with E-state index in [0.717, 1.165) is 92.0 Å². The standard InChI is InChI=1S/C27H29N3O3.2C26H27N3O3.FH.Li.2H2O.H2/c1-20-24(28-26(33-20)23-9-5-4-6-10-23)19-29(2)18-22-13-11-21(12-14-22)17-25(27(31)32-3)30-15-7-8-16-30;1-19-23(27-25(32-19)22-8-4-3-5-9-22)18-28(2)17-21-12-10-20(11-13-21)16-24(26(30)31)29-14-6-7-15-29;1-19-23(28-25(32-19)22-8-4-3-5-9-22)18-27-17-21-12-10-20(11-13-21)16-24(26(30)31-2)29-14-6-7-15-29;;;;;/h4-16,25H,17-19H2,1-3H3;3-15,24H,16-18H2,1-2H3,(H,30,31);3-15,24,27H,16-18H2,1-2H3;1H;;2*1H2;1H/q;;;;+1;;;/p-2/t25-;2*24-;;;;;/m000...../s1/i;;;;;;;1+2. The number of aromatic nitrogens is 6. The van der Waals surface area contributed by atoms with Gasteiger partial charge in [0, 0.05) is 114 Å². The minimum absolute atomic E-state index is 0. The van der Waals surface area contributed by atoms with Gasteiger partial charge in [0.1, 0.15) is 35.4 Å². The molecule has 0 aliphatic carbocycles. The molecule has 22 heteroatoms. The first-order valence-electron chi connectivity index (χ1n) is 32.3. The molecule has 0 aliphatic heterocycles. The zero-order valence-corrected chi connectivity index (χ0v) is 58.2. The zero-order valence-electron chi connectivity index (χ0n) is 58.2. The largest absolute Gasteiger partial charge is 1.00 e. The first-order valence-corrected chi connectivity index (χ1v) is 32.3. The van der Waals surface area contributed by atoms with Gasteiger partial charge < -0.3 is 62.5 Å². The third-order valence-electron chi connectivity index (χ3n) is 16.7. The second kappa shape index (κ2) is 39.4. The van der Waals surface area contributed by atoms with E-state index in [4.69, 9.17) is 27.7 Å². The summed E-state index contributed by atoms with van der Waals surface area (Å²) in [6.07, 6.45) is 12.7. The number of rotatable bonds is 27. The van der Waals surface area contributed by atoms with E-state index in [2.05, 4.69) is 99.8 Å². The van der Waals surface area contributed by atoms with Crippen LogP contribution < -0.4 is 28.9 Å². The fourth-order valence-electron chi connectivity index (χ4n) is 11.3. The number of nitrogens with one attached hydrogen (secondary N) is 1. The normalized spacial score (nSPS) is 11.6. The Balaban J connectivity index is 0.000000269. The minimum atomic E-state index is -0.831. The summed E-state index contributed by atoms with van der Waals surface area (Å²) in [5.74, 6) is 3.12. The predicted octanol–water partition coefficient (Wildman–Crippen LogP) is 7.94. The third kappa shape index (κ3) is 22.5. The summed E-state index contributed by atoms with van der Waals surface area (Å²) in [6, 6.07) is 64.6. The van der Waals surface area contributed by atoms with E-state index in [0.29, 0.717) is 63.1 Å². The summed E-state index contributed by atoms with van der Waals surface area (Å²) >= 11 is 0. The van der Waals surface area contributed by atoms with E-state index in [1.807, 2.05) is 194 Å². The minimum Gasteiger partial charge on any atom is -1.00 e. The monoisotopic (exact) mass is 1370 g/mol. The van der Waals surface area contributed by atoms with E-state index in [9.17, 15) is 19.5 Å². The van der Waals surface area contributed by atoms with E-state index < -0.39 is 12.0 Å². The maximum atomic E-state index is 12.3. The summed E-state index contributed by atoms with van der Waals surface area (Å²) in [5.41, 5.74) is 12.4. The van der Waals surface area contributed by atoms with Crippen molar-refractivity contribution in [3.8, 4) is 34.4 Å². The van der Waals surface area contributed by atoms with Crippen LogP contribution in [0.1, 0.15) is 87.3 Å². The van der Waals surface area contributed by atoms with Gasteiger partial charge >= 0.3 is 36.8 Å². The molecule has 6 aromatic carbocycles. The second-order valence-corrected chi connectivity index (χ2v) is 24.0. The summed E-state index contributed by atoms with van der Waals surface area (Å²) in [6.45, 7) is 10.1. The number of carbonyl (C=O) groups excluding carboxylic acids is 2. The van der Waals surface area contributed by atoms with Crippen molar-refractivity contribution in [2.24, 2.45) is 0 Å². The molecular formula is C79H88FLiN9O11-. The first kappa shape index (κ1) is 79.5. The Morgan fingerprint density at radius 1 is 0.436 bits per heavy atom. The van der Waals surface area contributed by atoms with E-state index >= 15 is 0 Å². The quantitative estimate of drug-likeness (QED) is 0.0365. The molecule has 3 atom stereocenters. The summed E-state index contributed by atoms with van der Waals surface area (Å²) < 4.78 is 33.1. The summed E-state index contributed by atoms with van der Waals surface area (Å²) in [7, 11) is 6.98. The number of hydrogen-bond acceptors (Lipinski definition) is 15. The number of methoxy groups -OCH3 is 2. The fourth-order valence-corrected chi connectivity index (χ4v) is 11.3. The van der Waals surface area contributed by atoms with Crippen LogP contribution in [-0.2, 0) is 82.4 Å². The Morgan fingerprint density at radius 3 is 1.05 bits per heavy atom. The molecule has 0 radical (unpaired) electrons. The Bertz CT molecular complexity index is 4370. The number of halogens is 1. The van der Waals surface area contributed by atoms with Gasteiger partial charge in [-0.2, -0.15) is 0 Å². The van der Waals surface area contributed by atoms with Crippen LogP contribution in [0, 0.1) is 20.8 Å². The molecule has 0 unspecified atom stereocenters. The number of carboxylic acids is 1. The van der Waals surface area contributed by atoms with Gasteiger partial charge in [-0.15, -0.1) is 0 Å². The topological polar surface area (TPSA) is 263 Å². The van der Waals surface area contributed by atoms with Crippen molar-refractivity contribution in [3.05, 3.63) is 305 Å². The van der Waals surface area contributed by atoms with Crippen molar-refractivity contribution in [1.82, 2.24) is 43.8 Å². The van der Waals surface area contributed by atoms with Crippen LogP contribution in [0.25, 0.3) is 34.4 Å². The van der Waals surface area contributed by atoms with E-state index in [-0.39, 0.29) is 60.0 Å². The van der Waals surface area contributed by atoms with E-state index in [1.54, 1.807) is 17.0 Å². The van der Waals surface area contributed by atoms with E-state index in [1.165, 1.54) is 19.8 Å². The number of aryl methyl sites for hydroxylation is 3. The number of carbonyl (C=O) groups is 3. The van der Waals surface area contributed by atoms with Gasteiger partial charge in [-0.25, -0.2) is 29.3 Å². The molecule has 20 nitrogen and oxygen atoms in total. The number of benzene rings is 6. The van der Waals surface area contributed by atoms with Gasteiger partial charge in [-0.3, -0.25) is 9.80 Å². The average molecular weight is 1370 g/mol. The van der Waals surface area contributed by atoms with Gasteiger partial charge in [0.2, 0.25) is 17.7 Å². The van der Waals surface area contributed by atoms with Crippen LogP contribution in [0.3, 0.4) is 0 Å². The van der Waals surface area contributed by atoms with Gasteiger partial charge in [0.05, 0.1) is 31.3 Å². The van der Waals surface area contributed by atoms with Gasteiger partial charge in [-0.05, 0) is 141 Å². The van der Waals surface area contributed by atoms with Gasteiger partial charge in [-0.1, -0.05) is 127 Å². The number of oxazole rings is 3. The van der Waals surface area contributed by atoms with Crippen LogP contribution in [0.4, 0.5) is 0 Å². The fraction of sp³-hybridized carbons (Fsp3) is 0.241. The van der Waals surface area contributed by atoms with Crippen molar-refractivity contribution in [3.63, 3.8) is 0 Å². The van der Waals surface area contributed by atoms with Gasteiger partial charge in [0.15, 0.2) is 0 Å². The Labute approximate surface area is 601 Å². The summed E-state index contributed by atoms with van der Waals surface area (Å²) in [4.78, 5) is 54.6. The van der Waals surface area contributed by atoms with Crippen LogP contribution in [-0.4, -0.2) is 101 Å². The first-order chi connectivity index (χ1) is 47.2. The van der Waals surface area contributed by atoms with Crippen LogP contribution in [0.5, 0.6) is 0 Å². The van der Waals surface area contributed by atoms with Crippen molar-refractivity contribution >= 4 is 17.9 Å². The van der Waals surface area contributed by atoms with Crippen molar-refractivity contribution in [1.29, 1.82) is 0 Å². The molecule has 12 aromatic rings. The molecule has 0 spiro atoms.